The summed E-state index contributed by atoms with van der Waals surface area (Å²) in [7, 11) is 0. The molecule has 5 nitrogen and oxygen atoms in total. The second-order valence-corrected chi connectivity index (χ2v) is 5.01. The van der Waals surface area contributed by atoms with Gasteiger partial charge in [-0.25, -0.2) is 9.59 Å². The molecule has 0 spiro atoms. The number of aromatic carboxylic acids is 1. The van der Waals surface area contributed by atoms with Crippen molar-refractivity contribution in [2.24, 2.45) is 0 Å². The summed E-state index contributed by atoms with van der Waals surface area (Å²) < 4.78 is 0. The minimum Gasteiger partial charge on any atom is -0.478 e. The van der Waals surface area contributed by atoms with Crippen LogP contribution < -0.4 is 5.32 Å². The number of nitrogens with zero attached hydrogens (tertiary/aromatic N) is 1. The van der Waals surface area contributed by atoms with Crippen LogP contribution in [0.5, 0.6) is 0 Å². The number of amides is 2. The first kappa shape index (κ1) is 14.1. The molecular weight excluding hydrogens is 256 g/mol. The number of hydrogen-bond acceptors (Lipinski definition) is 2. The lowest BCUT2D eigenvalue weighted by molar-refractivity contribution is 0.0697. The highest BCUT2D eigenvalue weighted by atomic mass is 16.4. The van der Waals surface area contributed by atoms with Gasteiger partial charge in [0.2, 0.25) is 0 Å². The lowest BCUT2D eigenvalue weighted by atomic mass is 10.1. The molecule has 1 aromatic rings. The van der Waals surface area contributed by atoms with Crippen LogP contribution in [0.15, 0.2) is 29.8 Å². The van der Waals surface area contributed by atoms with Crippen LogP contribution in [0.4, 0.5) is 10.5 Å². The topological polar surface area (TPSA) is 69.6 Å². The minimum absolute atomic E-state index is 0.153. The van der Waals surface area contributed by atoms with E-state index in [0.29, 0.717) is 18.8 Å². The van der Waals surface area contributed by atoms with Crippen molar-refractivity contribution >= 4 is 17.7 Å². The van der Waals surface area contributed by atoms with Gasteiger partial charge in [0, 0.05) is 18.8 Å². The molecule has 0 bridgehead atoms. The summed E-state index contributed by atoms with van der Waals surface area (Å²) in [6.07, 6.45) is 2.94. The van der Waals surface area contributed by atoms with E-state index < -0.39 is 5.97 Å². The molecular formula is C15H18N2O3. The van der Waals surface area contributed by atoms with E-state index in [1.165, 1.54) is 11.6 Å². The van der Waals surface area contributed by atoms with Crippen molar-refractivity contribution in [1.29, 1.82) is 0 Å². The van der Waals surface area contributed by atoms with Crippen LogP contribution in [0.3, 0.4) is 0 Å². The predicted octanol–water partition coefficient (Wildman–Crippen LogP) is 2.88. The molecule has 0 atom stereocenters. The van der Waals surface area contributed by atoms with E-state index in [1.54, 1.807) is 24.0 Å². The summed E-state index contributed by atoms with van der Waals surface area (Å²) in [5.74, 6) is -0.970. The molecule has 0 saturated carbocycles. The highest BCUT2D eigenvalue weighted by molar-refractivity contribution is 5.92. The number of anilines is 1. The fraction of sp³-hybridized carbons (Fsp3) is 0.333. The highest BCUT2D eigenvalue weighted by Crippen LogP contribution is 2.18. The number of hydrogen-bond donors (Lipinski definition) is 2. The molecule has 20 heavy (non-hydrogen) atoms. The third-order valence-electron chi connectivity index (χ3n) is 3.44. The van der Waals surface area contributed by atoms with Crippen LogP contribution in [0.1, 0.15) is 29.3 Å². The van der Waals surface area contributed by atoms with Gasteiger partial charge in [-0.15, -0.1) is 0 Å². The minimum atomic E-state index is -0.970. The van der Waals surface area contributed by atoms with E-state index in [4.69, 9.17) is 5.11 Å². The van der Waals surface area contributed by atoms with E-state index >= 15 is 0 Å². The molecule has 1 heterocycles. The Labute approximate surface area is 117 Å². The predicted molar refractivity (Wildman–Crippen MR) is 77.1 cm³/mol. The number of carbonyl (C=O) groups is 2. The number of benzene rings is 1. The number of carboxylic acid groups (broad SMARTS) is 1. The van der Waals surface area contributed by atoms with Gasteiger partial charge in [-0.3, -0.25) is 0 Å². The molecule has 1 aliphatic heterocycles. The van der Waals surface area contributed by atoms with E-state index in [0.717, 1.165) is 12.0 Å². The maximum absolute atomic E-state index is 12.1. The van der Waals surface area contributed by atoms with Gasteiger partial charge in [0.15, 0.2) is 0 Å². The van der Waals surface area contributed by atoms with Crippen molar-refractivity contribution in [2.45, 2.75) is 20.3 Å². The number of urea groups is 1. The zero-order chi connectivity index (χ0) is 14.7. The van der Waals surface area contributed by atoms with Crippen LogP contribution >= 0.6 is 0 Å². The molecule has 1 aliphatic rings. The average Bonchev–Trinajstić information content (AvgIpc) is 2.41. The Balaban J connectivity index is 2.06. The quantitative estimate of drug-likeness (QED) is 0.815. The van der Waals surface area contributed by atoms with Crippen molar-refractivity contribution in [3.8, 4) is 0 Å². The molecule has 0 aromatic heterocycles. The van der Waals surface area contributed by atoms with Crippen LogP contribution in [0, 0.1) is 6.92 Å². The molecule has 0 radical (unpaired) electrons. The van der Waals surface area contributed by atoms with Crippen molar-refractivity contribution < 1.29 is 14.7 Å². The fourth-order valence-corrected chi connectivity index (χ4v) is 2.09. The van der Waals surface area contributed by atoms with Crippen molar-refractivity contribution in [2.75, 3.05) is 18.4 Å². The van der Waals surface area contributed by atoms with Crippen molar-refractivity contribution in [3.05, 3.63) is 41.0 Å². The summed E-state index contributed by atoms with van der Waals surface area (Å²) >= 11 is 0. The lowest BCUT2D eigenvalue weighted by Crippen LogP contribution is -2.38. The van der Waals surface area contributed by atoms with Gasteiger partial charge >= 0.3 is 12.0 Å². The molecule has 0 aliphatic carbocycles. The van der Waals surface area contributed by atoms with E-state index in [2.05, 4.69) is 12.2 Å². The Morgan fingerprint density at radius 2 is 2.05 bits per heavy atom. The van der Waals surface area contributed by atoms with E-state index in [1.807, 2.05) is 6.08 Å². The van der Waals surface area contributed by atoms with Crippen molar-refractivity contribution in [3.63, 3.8) is 0 Å². The van der Waals surface area contributed by atoms with Gasteiger partial charge in [-0.05, 0) is 44.0 Å². The van der Waals surface area contributed by atoms with Crippen LogP contribution in [-0.2, 0) is 0 Å². The van der Waals surface area contributed by atoms with E-state index in [-0.39, 0.29) is 11.6 Å². The highest BCUT2D eigenvalue weighted by Gasteiger charge is 2.16. The Morgan fingerprint density at radius 1 is 1.30 bits per heavy atom. The fourth-order valence-electron chi connectivity index (χ4n) is 2.09. The SMILES string of the molecule is CC1=CCN(C(=O)Nc2ccc(C(=O)O)cc2C)CC1. The summed E-state index contributed by atoms with van der Waals surface area (Å²) in [5.41, 5.74) is 2.90. The third-order valence-corrected chi connectivity index (χ3v) is 3.44. The molecule has 2 N–H and O–H groups in total. The number of nitrogens with one attached hydrogen (secondary N) is 1. The smallest absolute Gasteiger partial charge is 0.335 e. The first-order valence-corrected chi connectivity index (χ1v) is 6.53. The Bertz CT molecular complexity index is 578. The number of rotatable bonds is 2. The normalized spacial score (nSPS) is 14.7. The standard InChI is InChI=1S/C15H18N2O3/c1-10-5-7-17(8-6-10)15(20)16-13-4-3-12(14(18)19)9-11(13)2/h3-5,9H,6-8H2,1-2H3,(H,16,20)(H,18,19). The zero-order valence-electron chi connectivity index (χ0n) is 11.6. The van der Waals surface area contributed by atoms with E-state index in [9.17, 15) is 9.59 Å². The summed E-state index contributed by atoms with van der Waals surface area (Å²) in [6.45, 7) is 5.16. The molecule has 5 heteroatoms. The molecule has 0 fully saturated rings. The molecule has 106 valence electrons. The molecule has 0 unspecified atom stereocenters. The van der Waals surface area contributed by atoms with Gasteiger partial charge < -0.3 is 15.3 Å². The Kier molecular flexibility index (Phi) is 4.08. The zero-order valence-corrected chi connectivity index (χ0v) is 11.6. The first-order chi connectivity index (χ1) is 9.47. The second-order valence-electron chi connectivity index (χ2n) is 5.01. The molecule has 1 aromatic carbocycles. The summed E-state index contributed by atoms with van der Waals surface area (Å²) in [5, 5.41) is 11.7. The Hall–Kier alpha value is -2.30. The van der Waals surface area contributed by atoms with Gasteiger partial charge in [0.25, 0.3) is 0 Å². The van der Waals surface area contributed by atoms with Crippen LogP contribution in [0.25, 0.3) is 0 Å². The second kappa shape index (κ2) is 5.77. The maximum atomic E-state index is 12.1. The third kappa shape index (κ3) is 3.17. The number of carboxylic acids is 1. The van der Waals surface area contributed by atoms with Gasteiger partial charge in [0.05, 0.1) is 5.56 Å². The molecule has 0 saturated heterocycles. The summed E-state index contributed by atoms with van der Waals surface area (Å²) in [6, 6.07) is 4.52. The molecule has 2 rings (SSSR count). The molecule has 2 amide bonds. The largest absolute Gasteiger partial charge is 0.478 e. The average molecular weight is 274 g/mol. The van der Waals surface area contributed by atoms with Crippen LogP contribution in [0.2, 0.25) is 0 Å². The number of carbonyl (C=O) groups excluding carboxylic acids is 1. The lowest BCUT2D eigenvalue weighted by Gasteiger charge is -2.26. The van der Waals surface area contributed by atoms with Crippen molar-refractivity contribution in [1.82, 2.24) is 4.90 Å². The van der Waals surface area contributed by atoms with Gasteiger partial charge in [0.1, 0.15) is 0 Å². The maximum Gasteiger partial charge on any atom is 0.335 e. The van der Waals surface area contributed by atoms with Gasteiger partial charge in [-0.2, -0.15) is 0 Å². The first-order valence-electron chi connectivity index (χ1n) is 6.53. The summed E-state index contributed by atoms with van der Waals surface area (Å²) in [4.78, 5) is 24.7. The number of aryl methyl sites for hydroxylation is 1. The van der Waals surface area contributed by atoms with Gasteiger partial charge in [-0.1, -0.05) is 11.6 Å². The van der Waals surface area contributed by atoms with Crippen LogP contribution in [-0.4, -0.2) is 35.1 Å². The monoisotopic (exact) mass is 274 g/mol. The Morgan fingerprint density at radius 3 is 2.60 bits per heavy atom.